The van der Waals surface area contributed by atoms with Crippen LogP contribution in [0.2, 0.25) is 0 Å². The van der Waals surface area contributed by atoms with E-state index in [1.54, 1.807) is 13.0 Å². The molecule has 0 aliphatic rings. The Hall–Kier alpha value is -2.50. The number of halogens is 3. The summed E-state index contributed by atoms with van der Waals surface area (Å²) in [5.41, 5.74) is 1.05. The van der Waals surface area contributed by atoms with Gasteiger partial charge in [0.15, 0.2) is 11.5 Å². The molecule has 0 saturated carbocycles. The minimum atomic E-state index is -4.33. The van der Waals surface area contributed by atoms with Gasteiger partial charge in [-0.1, -0.05) is 25.1 Å². The van der Waals surface area contributed by atoms with Crippen molar-refractivity contribution in [3.63, 3.8) is 0 Å². The van der Waals surface area contributed by atoms with E-state index in [2.05, 4.69) is 0 Å². The van der Waals surface area contributed by atoms with Crippen LogP contribution in [0.25, 0.3) is 0 Å². The van der Waals surface area contributed by atoms with Crippen molar-refractivity contribution >= 4 is 5.78 Å². The molecule has 0 aliphatic heterocycles. The molecule has 0 heterocycles. The number of alkyl halides is 3. The standard InChI is InChI=1S/C21H23F3O3/c1-14(15(2)25)12-17-6-9-19(26-3)20(13-17)27-11-10-16-4-7-18(8-5-16)21(22,23)24/h4-9,13-14H,10-12H2,1-3H3. The van der Waals surface area contributed by atoms with Crippen molar-refractivity contribution in [2.75, 3.05) is 13.7 Å². The number of hydrogen-bond acceptors (Lipinski definition) is 3. The predicted molar refractivity (Wildman–Crippen MR) is 97.2 cm³/mol. The molecule has 2 rings (SSSR count). The lowest BCUT2D eigenvalue weighted by Crippen LogP contribution is -2.10. The number of carbonyl (C=O) groups excluding carboxylic acids is 1. The number of carbonyl (C=O) groups is 1. The number of ketones is 1. The SMILES string of the molecule is COc1ccc(CC(C)C(C)=O)cc1OCCc1ccc(C(F)(F)F)cc1. The van der Waals surface area contributed by atoms with E-state index in [0.29, 0.717) is 30.9 Å². The zero-order chi connectivity index (χ0) is 20.0. The van der Waals surface area contributed by atoms with E-state index in [0.717, 1.165) is 23.3 Å². The van der Waals surface area contributed by atoms with Gasteiger partial charge in [0.25, 0.3) is 0 Å². The summed E-state index contributed by atoms with van der Waals surface area (Å²) in [6.07, 6.45) is -3.26. The fourth-order valence-electron chi connectivity index (χ4n) is 2.60. The van der Waals surface area contributed by atoms with Crippen LogP contribution in [-0.2, 0) is 23.8 Å². The lowest BCUT2D eigenvalue weighted by molar-refractivity contribution is -0.137. The average molecular weight is 380 g/mol. The van der Waals surface area contributed by atoms with E-state index >= 15 is 0 Å². The van der Waals surface area contributed by atoms with Gasteiger partial charge in [-0.15, -0.1) is 0 Å². The fraction of sp³-hybridized carbons (Fsp3) is 0.381. The van der Waals surface area contributed by atoms with Gasteiger partial charge in [0.2, 0.25) is 0 Å². The highest BCUT2D eigenvalue weighted by atomic mass is 19.4. The van der Waals surface area contributed by atoms with Crippen LogP contribution in [0.5, 0.6) is 11.5 Å². The summed E-state index contributed by atoms with van der Waals surface area (Å²) >= 11 is 0. The second-order valence-corrected chi connectivity index (χ2v) is 6.49. The predicted octanol–water partition coefficient (Wildman–Crippen LogP) is 5.10. The number of Topliss-reactive ketones (excluding diaryl/α,β-unsaturated/α-hetero) is 1. The first-order chi connectivity index (χ1) is 12.7. The molecule has 0 fully saturated rings. The molecule has 0 saturated heterocycles. The highest BCUT2D eigenvalue weighted by molar-refractivity contribution is 5.78. The lowest BCUT2D eigenvalue weighted by atomic mass is 9.98. The molecule has 2 aromatic carbocycles. The van der Waals surface area contributed by atoms with E-state index in [9.17, 15) is 18.0 Å². The highest BCUT2D eigenvalue weighted by Gasteiger charge is 2.29. The van der Waals surface area contributed by atoms with Gasteiger partial charge in [-0.3, -0.25) is 4.79 Å². The number of benzene rings is 2. The smallest absolute Gasteiger partial charge is 0.416 e. The Morgan fingerprint density at radius 1 is 1.04 bits per heavy atom. The molecule has 0 aromatic heterocycles. The first-order valence-electron chi connectivity index (χ1n) is 8.67. The van der Waals surface area contributed by atoms with Gasteiger partial charge in [-0.25, -0.2) is 0 Å². The van der Waals surface area contributed by atoms with Crippen molar-refractivity contribution in [2.45, 2.75) is 32.9 Å². The van der Waals surface area contributed by atoms with E-state index in [1.165, 1.54) is 19.2 Å². The Labute approximate surface area is 157 Å². The van der Waals surface area contributed by atoms with Crippen LogP contribution in [-0.4, -0.2) is 19.5 Å². The normalized spacial score (nSPS) is 12.5. The van der Waals surface area contributed by atoms with Crippen LogP contribution >= 0.6 is 0 Å². The summed E-state index contributed by atoms with van der Waals surface area (Å²) in [6, 6.07) is 10.6. The monoisotopic (exact) mass is 380 g/mol. The van der Waals surface area contributed by atoms with Gasteiger partial charge in [0.1, 0.15) is 5.78 Å². The third kappa shape index (κ3) is 6.01. The quantitative estimate of drug-likeness (QED) is 0.639. The Kier molecular flexibility index (Phi) is 6.88. The minimum absolute atomic E-state index is 0.0848. The number of rotatable bonds is 8. The van der Waals surface area contributed by atoms with Crippen LogP contribution in [0.4, 0.5) is 13.2 Å². The molecule has 1 unspecified atom stereocenters. The number of hydrogen-bond donors (Lipinski definition) is 0. The molecule has 1 atom stereocenters. The minimum Gasteiger partial charge on any atom is -0.493 e. The lowest BCUT2D eigenvalue weighted by Gasteiger charge is -2.14. The number of methoxy groups -OCH3 is 1. The van der Waals surface area contributed by atoms with E-state index < -0.39 is 11.7 Å². The molecule has 0 aliphatic carbocycles. The van der Waals surface area contributed by atoms with Crippen LogP contribution in [0.15, 0.2) is 42.5 Å². The third-order valence-corrected chi connectivity index (χ3v) is 4.39. The summed E-state index contributed by atoms with van der Waals surface area (Å²) in [4.78, 5) is 11.4. The van der Waals surface area contributed by atoms with Gasteiger partial charge in [0, 0.05) is 12.3 Å². The second kappa shape index (κ2) is 8.93. The summed E-state index contributed by atoms with van der Waals surface area (Å²) in [7, 11) is 1.54. The summed E-state index contributed by atoms with van der Waals surface area (Å²) in [6.45, 7) is 3.74. The summed E-state index contributed by atoms with van der Waals surface area (Å²) < 4.78 is 48.9. The van der Waals surface area contributed by atoms with Crippen molar-refractivity contribution in [3.05, 3.63) is 59.2 Å². The largest absolute Gasteiger partial charge is 0.493 e. The summed E-state index contributed by atoms with van der Waals surface area (Å²) in [5, 5.41) is 0. The highest BCUT2D eigenvalue weighted by Crippen LogP contribution is 2.30. The molecule has 2 aromatic rings. The topological polar surface area (TPSA) is 35.5 Å². The van der Waals surface area contributed by atoms with Gasteiger partial charge in [-0.05, 0) is 48.7 Å². The Balaban J connectivity index is 2.00. The van der Waals surface area contributed by atoms with Gasteiger partial charge < -0.3 is 9.47 Å². The van der Waals surface area contributed by atoms with Gasteiger partial charge in [-0.2, -0.15) is 13.2 Å². The van der Waals surface area contributed by atoms with Crippen molar-refractivity contribution in [1.29, 1.82) is 0 Å². The Morgan fingerprint density at radius 2 is 1.67 bits per heavy atom. The van der Waals surface area contributed by atoms with Gasteiger partial charge >= 0.3 is 6.18 Å². The molecular weight excluding hydrogens is 357 g/mol. The molecule has 3 nitrogen and oxygen atoms in total. The van der Waals surface area contributed by atoms with E-state index in [1.807, 2.05) is 19.1 Å². The Morgan fingerprint density at radius 3 is 2.22 bits per heavy atom. The fourth-order valence-corrected chi connectivity index (χ4v) is 2.60. The molecule has 0 amide bonds. The van der Waals surface area contributed by atoms with Crippen molar-refractivity contribution in [2.24, 2.45) is 5.92 Å². The van der Waals surface area contributed by atoms with Crippen LogP contribution in [0, 0.1) is 5.92 Å². The summed E-state index contributed by atoms with van der Waals surface area (Å²) in [5.74, 6) is 1.16. The first kappa shape index (κ1) is 20.8. The second-order valence-electron chi connectivity index (χ2n) is 6.49. The molecule has 0 radical (unpaired) electrons. The van der Waals surface area contributed by atoms with E-state index in [4.69, 9.17) is 9.47 Å². The Bertz CT molecular complexity index is 767. The van der Waals surface area contributed by atoms with Crippen molar-refractivity contribution < 1.29 is 27.4 Å². The van der Waals surface area contributed by atoms with Crippen molar-refractivity contribution in [1.82, 2.24) is 0 Å². The van der Waals surface area contributed by atoms with Crippen LogP contribution < -0.4 is 9.47 Å². The first-order valence-corrected chi connectivity index (χ1v) is 8.67. The maximum absolute atomic E-state index is 12.6. The maximum Gasteiger partial charge on any atom is 0.416 e. The maximum atomic E-state index is 12.6. The zero-order valence-electron chi connectivity index (χ0n) is 15.6. The molecule has 6 heteroatoms. The van der Waals surface area contributed by atoms with E-state index in [-0.39, 0.29) is 11.7 Å². The third-order valence-electron chi connectivity index (χ3n) is 4.39. The molecule has 146 valence electrons. The molecule has 0 bridgehead atoms. The zero-order valence-corrected chi connectivity index (χ0v) is 15.6. The molecule has 0 spiro atoms. The van der Waals surface area contributed by atoms with Crippen LogP contribution in [0.1, 0.15) is 30.5 Å². The molecular formula is C21H23F3O3. The molecule has 27 heavy (non-hydrogen) atoms. The number of ether oxygens (including phenoxy) is 2. The van der Waals surface area contributed by atoms with Crippen LogP contribution in [0.3, 0.4) is 0 Å². The van der Waals surface area contributed by atoms with Gasteiger partial charge in [0.05, 0.1) is 19.3 Å². The average Bonchev–Trinajstić information content (AvgIpc) is 2.61. The van der Waals surface area contributed by atoms with Crippen molar-refractivity contribution in [3.8, 4) is 11.5 Å². The molecule has 0 N–H and O–H groups in total.